The number of nitrogens with zero attached hydrogens (tertiary/aromatic N) is 5. The monoisotopic (exact) mass is 273 g/mol. The van der Waals surface area contributed by atoms with Gasteiger partial charge in [0.2, 0.25) is 0 Å². The smallest absolute Gasteiger partial charge is 0.316 e. The molecule has 1 fully saturated rings. The number of aryl methyl sites for hydroxylation is 1. The Hall–Kier alpha value is -1.95. The van der Waals surface area contributed by atoms with E-state index in [-0.39, 0.29) is 6.10 Å². The zero-order chi connectivity index (χ0) is 13.8. The lowest BCUT2D eigenvalue weighted by atomic mass is 10.1. The zero-order valence-corrected chi connectivity index (χ0v) is 11.6. The average Bonchev–Trinajstić information content (AvgIpc) is 2.88. The Morgan fingerprint density at radius 2 is 2.00 bits per heavy atom. The van der Waals surface area contributed by atoms with Gasteiger partial charge in [0.05, 0.1) is 6.20 Å². The minimum Gasteiger partial charge on any atom is -0.460 e. The Labute approximate surface area is 118 Å². The van der Waals surface area contributed by atoms with Crippen LogP contribution < -0.4 is 4.74 Å². The summed E-state index contributed by atoms with van der Waals surface area (Å²) in [6.07, 6.45) is 9.67. The maximum atomic E-state index is 5.79. The van der Waals surface area contributed by atoms with Gasteiger partial charge < -0.3 is 4.74 Å². The van der Waals surface area contributed by atoms with Gasteiger partial charge >= 0.3 is 6.01 Å². The molecule has 0 bridgehead atoms. The molecule has 106 valence electrons. The highest BCUT2D eigenvalue weighted by molar-refractivity contribution is 5.03. The molecule has 1 aliphatic rings. The van der Waals surface area contributed by atoms with Crippen LogP contribution in [0.5, 0.6) is 6.01 Å². The zero-order valence-electron chi connectivity index (χ0n) is 11.6. The summed E-state index contributed by atoms with van der Waals surface area (Å²) in [4.78, 5) is 10.6. The normalized spacial score (nSPS) is 17.2. The van der Waals surface area contributed by atoms with Crippen LogP contribution in [0.15, 0.2) is 30.9 Å². The summed E-state index contributed by atoms with van der Waals surface area (Å²) in [5, 5.41) is 4.20. The fourth-order valence-corrected chi connectivity index (χ4v) is 2.49. The third-order valence-electron chi connectivity index (χ3n) is 3.51. The summed E-state index contributed by atoms with van der Waals surface area (Å²) >= 11 is 0. The van der Waals surface area contributed by atoms with E-state index in [1.54, 1.807) is 18.5 Å². The van der Waals surface area contributed by atoms with Crippen molar-refractivity contribution in [2.75, 3.05) is 13.1 Å². The molecule has 20 heavy (non-hydrogen) atoms. The predicted octanol–water partition coefficient (Wildman–Crippen LogP) is 1.25. The van der Waals surface area contributed by atoms with Gasteiger partial charge in [-0.2, -0.15) is 5.10 Å². The Kier molecular flexibility index (Phi) is 3.92. The molecule has 1 saturated heterocycles. The summed E-state index contributed by atoms with van der Waals surface area (Å²) in [5.74, 6) is 0. The van der Waals surface area contributed by atoms with E-state index in [4.69, 9.17) is 4.74 Å². The summed E-state index contributed by atoms with van der Waals surface area (Å²) in [7, 11) is 1.95. The molecule has 0 aliphatic carbocycles. The van der Waals surface area contributed by atoms with Crippen molar-refractivity contribution in [3.05, 3.63) is 36.4 Å². The third kappa shape index (κ3) is 3.33. The van der Waals surface area contributed by atoms with Crippen LogP contribution in [0.1, 0.15) is 18.4 Å². The van der Waals surface area contributed by atoms with E-state index in [9.17, 15) is 0 Å². The molecule has 6 heteroatoms. The number of aromatic nitrogens is 4. The molecule has 1 aliphatic heterocycles. The lowest BCUT2D eigenvalue weighted by Crippen LogP contribution is -2.37. The van der Waals surface area contributed by atoms with E-state index in [0.717, 1.165) is 32.5 Å². The predicted molar refractivity (Wildman–Crippen MR) is 74.2 cm³/mol. The van der Waals surface area contributed by atoms with Gasteiger partial charge in [0, 0.05) is 50.8 Å². The molecular formula is C14H19N5O. The van der Waals surface area contributed by atoms with Crippen LogP contribution in [-0.4, -0.2) is 43.8 Å². The molecule has 0 aromatic carbocycles. The molecule has 2 aromatic rings. The fourth-order valence-electron chi connectivity index (χ4n) is 2.49. The highest BCUT2D eigenvalue weighted by Gasteiger charge is 2.21. The van der Waals surface area contributed by atoms with E-state index >= 15 is 0 Å². The first-order chi connectivity index (χ1) is 9.79. The molecule has 0 unspecified atom stereocenters. The van der Waals surface area contributed by atoms with Gasteiger partial charge in [-0.15, -0.1) is 0 Å². The lowest BCUT2D eigenvalue weighted by Gasteiger charge is -2.31. The van der Waals surface area contributed by atoms with Gasteiger partial charge in [0.1, 0.15) is 6.10 Å². The van der Waals surface area contributed by atoms with Crippen molar-refractivity contribution in [3.63, 3.8) is 0 Å². The molecule has 2 aromatic heterocycles. The van der Waals surface area contributed by atoms with Crippen LogP contribution in [0, 0.1) is 0 Å². The number of rotatable bonds is 4. The van der Waals surface area contributed by atoms with Gasteiger partial charge in [-0.1, -0.05) is 0 Å². The van der Waals surface area contributed by atoms with Gasteiger partial charge in [-0.25, -0.2) is 9.97 Å². The Bertz CT molecular complexity index is 534. The van der Waals surface area contributed by atoms with Crippen molar-refractivity contribution in [2.45, 2.75) is 25.5 Å². The summed E-state index contributed by atoms with van der Waals surface area (Å²) in [6, 6.07) is 2.28. The number of hydrogen-bond donors (Lipinski definition) is 0. The molecule has 0 radical (unpaired) electrons. The van der Waals surface area contributed by atoms with Crippen molar-refractivity contribution >= 4 is 0 Å². The minimum absolute atomic E-state index is 0.225. The number of hydrogen-bond acceptors (Lipinski definition) is 5. The van der Waals surface area contributed by atoms with Crippen LogP contribution in [0.3, 0.4) is 0 Å². The summed E-state index contributed by atoms with van der Waals surface area (Å²) in [5.41, 5.74) is 1.26. The first-order valence-electron chi connectivity index (χ1n) is 6.93. The van der Waals surface area contributed by atoms with Crippen molar-refractivity contribution < 1.29 is 4.74 Å². The molecule has 0 spiro atoms. The summed E-state index contributed by atoms with van der Waals surface area (Å²) in [6.45, 7) is 3.03. The van der Waals surface area contributed by atoms with Gasteiger partial charge in [0.15, 0.2) is 0 Å². The number of piperidine rings is 1. The summed E-state index contributed by atoms with van der Waals surface area (Å²) < 4.78 is 7.64. The van der Waals surface area contributed by atoms with Crippen LogP contribution >= 0.6 is 0 Å². The molecular weight excluding hydrogens is 254 g/mol. The van der Waals surface area contributed by atoms with Crippen molar-refractivity contribution in [3.8, 4) is 6.01 Å². The maximum Gasteiger partial charge on any atom is 0.316 e. The second-order valence-electron chi connectivity index (χ2n) is 5.15. The van der Waals surface area contributed by atoms with E-state index in [0.29, 0.717) is 6.01 Å². The molecule has 0 saturated carbocycles. The van der Waals surface area contributed by atoms with Crippen molar-refractivity contribution in [1.29, 1.82) is 0 Å². The topological polar surface area (TPSA) is 56.1 Å². The third-order valence-corrected chi connectivity index (χ3v) is 3.51. The largest absolute Gasteiger partial charge is 0.460 e. The van der Waals surface area contributed by atoms with E-state index in [2.05, 4.69) is 26.2 Å². The SMILES string of the molecule is Cn1cc(CN2CCC(Oc3ncccn3)CC2)cn1. The molecule has 6 nitrogen and oxygen atoms in total. The highest BCUT2D eigenvalue weighted by Crippen LogP contribution is 2.17. The second kappa shape index (κ2) is 6.00. The Morgan fingerprint density at radius 1 is 1.25 bits per heavy atom. The molecule has 0 N–H and O–H groups in total. The van der Waals surface area contributed by atoms with Gasteiger partial charge in [-0.05, 0) is 18.9 Å². The Morgan fingerprint density at radius 3 is 2.65 bits per heavy atom. The Balaban J connectivity index is 1.47. The number of likely N-dealkylation sites (tertiary alicyclic amines) is 1. The standard InChI is InChI=1S/C14H19N5O/c1-18-10-12(9-17-18)11-19-7-3-13(4-8-19)20-14-15-5-2-6-16-14/h2,5-6,9-10,13H,3-4,7-8,11H2,1H3. The quantitative estimate of drug-likeness (QED) is 0.839. The number of ether oxygens (including phenoxy) is 1. The highest BCUT2D eigenvalue weighted by atomic mass is 16.5. The maximum absolute atomic E-state index is 5.79. The molecule has 3 heterocycles. The first kappa shape index (κ1) is 13.1. The van der Waals surface area contributed by atoms with Crippen LogP contribution in [0.25, 0.3) is 0 Å². The van der Waals surface area contributed by atoms with Gasteiger partial charge in [-0.3, -0.25) is 9.58 Å². The minimum atomic E-state index is 0.225. The average molecular weight is 273 g/mol. The van der Waals surface area contributed by atoms with Gasteiger partial charge in [0.25, 0.3) is 0 Å². The fraction of sp³-hybridized carbons (Fsp3) is 0.500. The molecule has 0 atom stereocenters. The van der Waals surface area contributed by atoms with Crippen LogP contribution in [0.4, 0.5) is 0 Å². The molecule has 3 rings (SSSR count). The van der Waals surface area contributed by atoms with Crippen LogP contribution in [0.2, 0.25) is 0 Å². The van der Waals surface area contributed by atoms with Crippen LogP contribution in [-0.2, 0) is 13.6 Å². The van der Waals surface area contributed by atoms with Crippen molar-refractivity contribution in [1.82, 2.24) is 24.6 Å². The first-order valence-corrected chi connectivity index (χ1v) is 6.93. The molecule has 0 amide bonds. The lowest BCUT2D eigenvalue weighted by molar-refractivity contribution is 0.0892. The van der Waals surface area contributed by atoms with E-state index in [1.807, 2.05) is 17.9 Å². The van der Waals surface area contributed by atoms with E-state index in [1.165, 1.54) is 5.56 Å². The van der Waals surface area contributed by atoms with Crippen molar-refractivity contribution in [2.24, 2.45) is 7.05 Å². The second-order valence-corrected chi connectivity index (χ2v) is 5.15. The van der Waals surface area contributed by atoms with E-state index < -0.39 is 0 Å².